The van der Waals surface area contributed by atoms with Crippen LogP contribution in [0.25, 0.3) is 0 Å². The zero-order valence-electron chi connectivity index (χ0n) is 12.7. The van der Waals surface area contributed by atoms with Crippen molar-refractivity contribution in [2.45, 2.75) is 19.5 Å². The minimum atomic E-state index is 0.542. The standard InChI is InChI=1S/C18H22N2O2/c1-2-16(11-19-8-1)12-20-10-15-3-5-18(6-4-15)22-14-17-7-9-21-13-17/h1-6,8,11,17,20H,7,9-10,12-14H2/t17-/m0/s1. The van der Waals surface area contributed by atoms with Gasteiger partial charge in [0.1, 0.15) is 5.75 Å². The first-order chi connectivity index (χ1) is 10.9. The average molecular weight is 298 g/mol. The summed E-state index contributed by atoms with van der Waals surface area (Å²) >= 11 is 0. The van der Waals surface area contributed by atoms with Crippen LogP contribution in [0.3, 0.4) is 0 Å². The molecule has 116 valence electrons. The number of hydrogen-bond donors (Lipinski definition) is 1. The van der Waals surface area contributed by atoms with E-state index in [4.69, 9.17) is 9.47 Å². The van der Waals surface area contributed by atoms with Crippen LogP contribution >= 0.6 is 0 Å². The average Bonchev–Trinajstić information content (AvgIpc) is 3.09. The number of hydrogen-bond acceptors (Lipinski definition) is 4. The van der Waals surface area contributed by atoms with Crippen molar-refractivity contribution < 1.29 is 9.47 Å². The van der Waals surface area contributed by atoms with E-state index in [1.54, 1.807) is 6.20 Å². The van der Waals surface area contributed by atoms with E-state index in [1.165, 1.54) is 11.1 Å². The number of nitrogens with zero attached hydrogens (tertiary/aromatic N) is 1. The van der Waals surface area contributed by atoms with Gasteiger partial charge in [-0.3, -0.25) is 4.98 Å². The van der Waals surface area contributed by atoms with Crippen molar-refractivity contribution in [2.75, 3.05) is 19.8 Å². The highest BCUT2D eigenvalue weighted by Crippen LogP contribution is 2.17. The van der Waals surface area contributed by atoms with Crippen LogP contribution in [0.4, 0.5) is 0 Å². The normalized spacial score (nSPS) is 17.5. The number of aromatic nitrogens is 1. The summed E-state index contributed by atoms with van der Waals surface area (Å²) in [6, 6.07) is 12.3. The number of ether oxygens (including phenoxy) is 2. The number of pyridine rings is 1. The second-order valence-electron chi connectivity index (χ2n) is 5.65. The lowest BCUT2D eigenvalue weighted by molar-refractivity contribution is 0.167. The maximum atomic E-state index is 5.81. The van der Waals surface area contributed by atoms with Crippen molar-refractivity contribution in [2.24, 2.45) is 5.92 Å². The molecule has 2 heterocycles. The molecule has 0 spiro atoms. The number of nitrogens with one attached hydrogen (secondary N) is 1. The maximum Gasteiger partial charge on any atom is 0.119 e. The van der Waals surface area contributed by atoms with E-state index in [-0.39, 0.29) is 0 Å². The van der Waals surface area contributed by atoms with Crippen LogP contribution in [0.5, 0.6) is 5.75 Å². The Labute approximate surface area is 131 Å². The van der Waals surface area contributed by atoms with Gasteiger partial charge in [-0.25, -0.2) is 0 Å². The van der Waals surface area contributed by atoms with Crippen LogP contribution in [0, 0.1) is 5.92 Å². The SMILES string of the molecule is c1cncc(CNCc2ccc(OC[C@H]3CCOC3)cc2)c1. The predicted molar refractivity (Wildman–Crippen MR) is 85.6 cm³/mol. The summed E-state index contributed by atoms with van der Waals surface area (Å²) in [7, 11) is 0. The van der Waals surface area contributed by atoms with Crippen LogP contribution in [0.15, 0.2) is 48.8 Å². The third-order valence-corrected chi connectivity index (χ3v) is 3.81. The lowest BCUT2D eigenvalue weighted by Gasteiger charge is -2.11. The van der Waals surface area contributed by atoms with E-state index in [2.05, 4.69) is 28.5 Å². The molecule has 0 radical (unpaired) electrons. The van der Waals surface area contributed by atoms with Crippen LogP contribution in [0.1, 0.15) is 17.5 Å². The molecule has 0 saturated carbocycles. The summed E-state index contributed by atoms with van der Waals surface area (Å²) < 4.78 is 11.2. The number of benzene rings is 1. The fourth-order valence-corrected chi connectivity index (χ4v) is 2.49. The van der Waals surface area contributed by atoms with Gasteiger partial charge in [-0.15, -0.1) is 0 Å². The number of rotatable bonds is 7. The fourth-order valence-electron chi connectivity index (χ4n) is 2.49. The molecule has 0 aliphatic carbocycles. The molecule has 1 atom stereocenters. The Balaban J connectivity index is 1.41. The molecule has 1 fully saturated rings. The maximum absolute atomic E-state index is 5.81. The highest BCUT2D eigenvalue weighted by molar-refractivity contribution is 5.27. The molecular weight excluding hydrogens is 276 g/mol. The second-order valence-corrected chi connectivity index (χ2v) is 5.65. The Morgan fingerprint density at radius 3 is 2.73 bits per heavy atom. The zero-order chi connectivity index (χ0) is 15.0. The van der Waals surface area contributed by atoms with Gasteiger partial charge in [0.05, 0.1) is 13.2 Å². The molecule has 22 heavy (non-hydrogen) atoms. The Hall–Kier alpha value is -1.91. The highest BCUT2D eigenvalue weighted by atomic mass is 16.5. The van der Waals surface area contributed by atoms with Gasteiger partial charge in [0, 0.05) is 38.0 Å². The Kier molecular flexibility index (Phi) is 5.40. The quantitative estimate of drug-likeness (QED) is 0.853. The first-order valence-corrected chi connectivity index (χ1v) is 7.79. The molecule has 1 aromatic carbocycles. The molecule has 2 aromatic rings. The van der Waals surface area contributed by atoms with Crippen molar-refractivity contribution in [3.63, 3.8) is 0 Å². The fraction of sp³-hybridized carbons (Fsp3) is 0.389. The van der Waals surface area contributed by atoms with Crippen molar-refractivity contribution in [1.82, 2.24) is 10.3 Å². The molecule has 1 aliphatic heterocycles. The molecule has 0 bridgehead atoms. The summed E-state index contributed by atoms with van der Waals surface area (Å²) in [5.41, 5.74) is 2.45. The third-order valence-electron chi connectivity index (χ3n) is 3.81. The van der Waals surface area contributed by atoms with E-state index in [0.29, 0.717) is 5.92 Å². The molecule has 0 amide bonds. The van der Waals surface area contributed by atoms with Gasteiger partial charge in [-0.2, -0.15) is 0 Å². The van der Waals surface area contributed by atoms with Crippen molar-refractivity contribution in [1.29, 1.82) is 0 Å². The van der Waals surface area contributed by atoms with Crippen LogP contribution < -0.4 is 10.1 Å². The Morgan fingerprint density at radius 1 is 1.14 bits per heavy atom. The van der Waals surface area contributed by atoms with Gasteiger partial charge in [0.15, 0.2) is 0 Å². The Morgan fingerprint density at radius 2 is 2.00 bits per heavy atom. The Bertz CT molecular complexity index is 551. The van der Waals surface area contributed by atoms with Gasteiger partial charge in [-0.05, 0) is 35.7 Å². The van der Waals surface area contributed by atoms with Gasteiger partial charge >= 0.3 is 0 Å². The smallest absolute Gasteiger partial charge is 0.119 e. The highest BCUT2D eigenvalue weighted by Gasteiger charge is 2.15. The van der Waals surface area contributed by atoms with E-state index < -0.39 is 0 Å². The second kappa shape index (κ2) is 7.92. The summed E-state index contributed by atoms with van der Waals surface area (Å²) in [5, 5.41) is 3.42. The molecule has 1 N–H and O–H groups in total. The topological polar surface area (TPSA) is 43.4 Å². The first kappa shape index (κ1) is 15.0. The van der Waals surface area contributed by atoms with Crippen molar-refractivity contribution in [3.05, 3.63) is 59.9 Å². The van der Waals surface area contributed by atoms with Crippen LogP contribution in [-0.4, -0.2) is 24.8 Å². The van der Waals surface area contributed by atoms with E-state index >= 15 is 0 Å². The zero-order valence-corrected chi connectivity index (χ0v) is 12.7. The van der Waals surface area contributed by atoms with Gasteiger partial charge in [0.25, 0.3) is 0 Å². The molecule has 3 rings (SSSR count). The largest absolute Gasteiger partial charge is 0.493 e. The van der Waals surface area contributed by atoms with E-state index in [0.717, 1.165) is 45.1 Å². The summed E-state index contributed by atoms with van der Waals surface area (Å²) in [6.45, 7) is 4.12. The van der Waals surface area contributed by atoms with Gasteiger partial charge in [0.2, 0.25) is 0 Å². The van der Waals surface area contributed by atoms with E-state index in [9.17, 15) is 0 Å². The van der Waals surface area contributed by atoms with Gasteiger partial charge in [-0.1, -0.05) is 18.2 Å². The third kappa shape index (κ3) is 4.55. The predicted octanol–water partition coefficient (Wildman–Crippen LogP) is 2.79. The first-order valence-electron chi connectivity index (χ1n) is 7.79. The van der Waals surface area contributed by atoms with Crippen LogP contribution in [-0.2, 0) is 17.8 Å². The lowest BCUT2D eigenvalue weighted by Crippen LogP contribution is -2.13. The minimum Gasteiger partial charge on any atom is -0.493 e. The lowest BCUT2D eigenvalue weighted by atomic mass is 10.1. The molecule has 1 saturated heterocycles. The monoisotopic (exact) mass is 298 g/mol. The molecule has 1 aromatic heterocycles. The molecule has 0 unspecified atom stereocenters. The molecular formula is C18H22N2O2. The summed E-state index contributed by atoms with van der Waals surface area (Å²) in [6.07, 6.45) is 4.78. The van der Waals surface area contributed by atoms with Crippen molar-refractivity contribution >= 4 is 0 Å². The van der Waals surface area contributed by atoms with Crippen molar-refractivity contribution in [3.8, 4) is 5.75 Å². The molecule has 4 heteroatoms. The summed E-state index contributed by atoms with van der Waals surface area (Å²) in [4.78, 5) is 4.11. The van der Waals surface area contributed by atoms with Gasteiger partial charge < -0.3 is 14.8 Å². The van der Waals surface area contributed by atoms with E-state index in [1.807, 2.05) is 24.4 Å². The minimum absolute atomic E-state index is 0.542. The van der Waals surface area contributed by atoms with Crippen LogP contribution in [0.2, 0.25) is 0 Å². The molecule has 4 nitrogen and oxygen atoms in total. The molecule has 1 aliphatic rings. The summed E-state index contributed by atoms with van der Waals surface area (Å²) in [5.74, 6) is 1.48.